The molecule has 0 radical (unpaired) electrons. The average molecular weight is 461 g/mol. The number of ether oxygens (including phenoxy) is 1. The molecule has 0 fully saturated rings. The van der Waals surface area contributed by atoms with Crippen molar-refractivity contribution < 1.29 is 14.3 Å². The van der Waals surface area contributed by atoms with Gasteiger partial charge in [0.2, 0.25) is 11.8 Å². The first kappa shape index (κ1) is 22.8. The Morgan fingerprint density at radius 3 is 2.65 bits per heavy atom. The van der Waals surface area contributed by atoms with Crippen LogP contribution in [-0.4, -0.2) is 43.9 Å². The van der Waals surface area contributed by atoms with Crippen LogP contribution in [0.2, 0.25) is 0 Å². The summed E-state index contributed by atoms with van der Waals surface area (Å²) in [6, 6.07) is 7.18. The van der Waals surface area contributed by atoms with Gasteiger partial charge in [-0.15, -0.1) is 21.5 Å². The Bertz CT molecular complexity index is 1080. The highest BCUT2D eigenvalue weighted by atomic mass is 32.2. The summed E-state index contributed by atoms with van der Waals surface area (Å²) >= 11 is 2.71. The van der Waals surface area contributed by atoms with Crippen molar-refractivity contribution in [1.82, 2.24) is 19.7 Å². The van der Waals surface area contributed by atoms with Gasteiger partial charge in [0.15, 0.2) is 10.3 Å². The molecule has 2 N–H and O–H groups in total. The smallest absolute Gasteiger partial charge is 0.239 e. The van der Waals surface area contributed by atoms with E-state index in [9.17, 15) is 9.59 Å². The van der Waals surface area contributed by atoms with Crippen LogP contribution in [0.1, 0.15) is 23.3 Å². The van der Waals surface area contributed by atoms with E-state index in [4.69, 9.17) is 4.74 Å². The number of rotatable bonds is 8. The molecule has 0 saturated heterocycles. The number of hydrogen-bond acceptors (Lipinski definition) is 8. The summed E-state index contributed by atoms with van der Waals surface area (Å²) in [4.78, 5) is 30.3. The molecular formula is C20H24N6O3S2. The van der Waals surface area contributed by atoms with Crippen LogP contribution in [0.4, 0.5) is 10.8 Å². The van der Waals surface area contributed by atoms with Crippen molar-refractivity contribution in [2.45, 2.75) is 37.6 Å². The van der Waals surface area contributed by atoms with E-state index in [0.717, 1.165) is 10.6 Å². The molecule has 0 spiro atoms. The maximum atomic E-state index is 12.5. The molecule has 2 aromatic heterocycles. The molecule has 9 nitrogen and oxygen atoms in total. The van der Waals surface area contributed by atoms with Crippen LogP contribution in [0.3, 0.4) is 0 Å². The van der Waals surface area contributed by atoms with E-state index in [2.05, 4.69) is 25.8 Å². The number of methoxy groups -OCH3 is 1. The van der Waals surface area contributed by atoms with Crippen LogP contribution in [-0.2, 0) is 23.1 Å². The van der Waals surface area contributed by atoms with E-state index in [0.29, 0.717) is 27.5 Å². The van der Waals surface area contributed by atoms with Gasteiger partial charge in [0.1, 0.15) is 11.6 Å². The summed E-state index contributed by atoms with van der Waals surface area (Å²) in [5, 5.41) is 14.6. The van der Waals surface area contributed by atoms with E-state index >= 15 is 0 Å². The fourth-order valence-corrected chi connectivity index (χ4v) is 4.28. The number of carbonyl (C=O) groups is 2. The summed E-state index contributed by atoms with van der Waals surface area (Å²) < 4.78 is 6.96. The maximum absolute atomic E-state index is 12.5. The van der Waals surface area contributed by atoms with Crippen LogP contribution in [0.5, 0.6) is 5.75 Å². The lowest BCUT2D eigenvalue weighted by molar-refractivity contribution is -0.116. The molecule has 0 saturated carbocycles. The third-order valence-electron chi connectivity index (χ3n) is 4.53. The monoisotopic (exact) mass is 460 g/mol. The fraction of sp³-hybridized carbons (Fsp3) is 0.350. The number of aryl methyl sites for hydroxylation is 2. The first-order chi connectivity index (χ1) is 14.8. The van der Waals surface area contributed by atoms with Crippen molar-refractivity contribution >= 4 is 45.7 Å². The molecule has 11 heteroatoms. The third kappa shape index (κ3) is 5.61. The highest BCUT2D eigenvalue weighted by molar-refractivity contribution is 8.00. The summed E-state index contributed by atoms with van der Waals surface area (Å²) in [6.45, 7) is 5.66. The molecule has 164 valence electrons. The zero-order valence-electron chi connectivity index (χ0n) is 17.9. The van der Waals surface area contributed by atoms with E-state index < -0.39 is 5.25 Å². The van der Waals surface area contributed by atoms with E-state index in [-0.39, 0.29) is 18.2 Å². The molecule has 3 aromatic rings. The van der Waals surface area contributed by atoms with Gasteiger partial charge in [-0.1, -0.05) is 23.9 Å². The van der Waals surface area contributed by atoms with Gasteiger partial charge in [-0.05, 0) is 32.9 Å². The molecule has 2 amide bonds. The van der Waals surface area contributed by atoms with Crippen LogP contribution in [0, 0.1) is 13.8 Å². The average Bonchev–Trinajstić information content (AvgIpc) is 3.23. The number of hydrogen-bond donors (Lipinski definition) is 2. The lowest BCUT2D eigenvalue weighted by Gasteiger charge is -2.11. The molecule has 0 bridgehead atoms. The predicted molar refractivity (Wildman–Crippen MR) is 122 cm³/mol. The first-order valence-electron chi connectivity index (χ1n) is 9.51. The summed E-state index contributed by atoms with van der Waals surface area (Å²) in [5.74, 6) is 0.665. The molecule has 31 heavy (non-hydrogen) atoms. The lowest BCUT2D eigenvalue weighted by atomic mass is 10.2. The van der Waals surface area contributed by atoms with Crippen molar-refractivity contribution in [3.63, 3.8) is 0 Å². The minimum absolute atomic E-state index is 0.0420. The van der Waals surface area contributed by atoms with Gasteiger partial charge in [0.25, 0.3) is 0 Å². The SMILES string of the molecule is COc1ccccc1NC(=O)Cc1nnc(S[C@H](C)C(=O)Nc2nc(C)c(C)s2)n1C. The van der Waals surface area contributed by atoms with Crippen molar-refractivity contribution in [2.75, 3.05) is 17.7 Å². The molecule has 1 atom stereocenters. The number of benzene rings is 1. The van der Waals surface area contributed by atoms with Gasteiger partial charge >= 0.3 is 0 Å². The van der Waals surface area contributed by atoms with Gasteiger partial charge in [-0.2, -0.15) is 0 Å². The van der Waals surface area contributed by atoms with Crippen LogP contribution in [0.15, 0.2) is 29.4 Å². The summed E-state index contributed by atoms with van der Waals surface area (Å²) in [5.41, 5.74) is 1.50. The molecular weight excluding hydrogens is 436 g/mol. The Kier molecular flexibility index (Phi) is 7.29. The van der Waals surface area contributed by atoms with Gasteiger partial charge < -0.3 is 19.9 Å². The minimum Gasteiger partial charge on any atom is -0.495 e. The minimum atomic E-state index is -0.414. The Labute approximate surface area is 188 Å². The molecule has 0 aliphatic heterocycles. The van der Waals surface area contributed by atoms with Crippen molar-refractivity contribution in [1.29, 1.82) is 0 Å². The van der Waals surface area contributed by atoms with Gasteiger partial charge in [-0.3, -0.25) is 9.59 Å². The number of aromatic nitrogens is 4. The molecule has 3 rings (SSSR count). The van der Waals surface area contributed by atoms with E-state index in [1.54, 1.807) is 37.8 Å². The van der Waals surface area contributed by atoms with Crippen molar-refractivity contribution in [3.05, 3.63) is 40.7 Å². The van der Waals surface area contributed by atoms with Gasteiger partial charge in [0, 0.05) is 11.9 Å². The highest BCUT2D eigenvalue weighted by Crippen LogP contribution is 2.26. The number of nitrogens with one attached hydrogen (secondary N) is 2. The van der Waals surface area contributed by atoms with E-state index in [1.807, 2.05) is 26.0 Å². The zero-order chi connectivity index (χ0) is 22.5. The molecule has 0 aliphatic rings. The number of anilines is 2. The first-order valence-corrected chi connectivity index (χ1v) is 11.2. The van der Waals surface area contributed by atoms with Crippen LogP contribution in [0.25, 0.3) is 0 Å². The largest absolute Gasteiger partial charge is 0.495 e. The van der Waals surface area contributed by atoms with Gasteiger partial charge in [0.05, 0.1) is 30.2 Å². The Morgan fingerprint density at radius 2 is 1.97 bits per heavy atom. The third-order valence-corrected chi connectivity index (χ3v) is 6.66. The van der Waals surface area contributed by atoms with Crippen LogP contribution >= 0.6 is 23.1 Å². The number of thiazole rings is 1. The summed E-state index contributed by atoms with van der Waals surface area (Å²) in [7, 11) is 3.32. The standard InChI is InChI=1S/C20H24N6O3S2/c1-11-12(2)30-19(21-11)23-18(28)13(3)31-20-25-24-16(26(20)4)10-17(27)22-14-8-6-7-9-15(14)29-5/h6-9,13H,10H2,1-5H3,(H,22,27)(H,21,23,28)/t13-/m1/s1. The zero-order valence-corrected chi connectivity index (χ0v) is 19.6. The Morgan fingerprint density at radius 1 is 1.23 bits per heavy atom. The number of para-hydroxylation sites is 2. The van der Waals surface area contributed by atoms with Gasteiger partial charge in [-0.25, -0.2) is 4.98 Å². The predicted octanol–water partition coefficient (Wildman–Crippen LogP) is 3.20. The lowest BCUT2D eigenvalue weighted by Crippen LogP contribution is -2.23. The number of carbonyl (C=O) groups excluding carboxylic acids is 2. The topological polar surface area (TPSA) is 111 Å². The van der Waals surface area contributed by atoms with Crippen LogP contribution < -0.4 is 15.4 Å². The molecule has 0 aliphatic carbocycles. The fourth-order valence-electron chi connectivity index (χ4n) is 2.63. The molecule has 2 heterocycles. The second-order valence-electron chi connectivity index (χ2n) is 6.79. The number of amides is 2. The highest BCUT2D eigenvalue weighted by Gasteiger charge is 2.21. The maximum Gasteiger partial charge on any atom is 0.239 e. The second-order valence-corrected chi connectivity index (χ2v) is 9.30. The van der Waals surface area contributed by atoms with E-state index in [1.165, 1.54) is 23.1 Å². The quantitative estimate of drug-likeness (QED) is 0.497. The molecule has 0 unspecified atom stereocenters. The molecule has 1 aromatic carbocycles. The number of nitrogens with zero attached hydrogens (tertiary/aromatic N) is 4. The summed E-state index contributed by atoms with van der Waals surface area (Å²) in [6.07, 6.45) is 0.0420. The second kappa shape index (κ2) is 9.92. The Hall–Kier alpha value is -2.92. The van der Waals surface area contributed by atoms with Crippen molar-refractivity contribution in [2.24, 2.45) is 7.05 Å². The number of thioether (sulfide) groups is 1. The Balaban J connectivity index is 1.60. The normalized spacial score (nSPS) is 11.8. The van der Waals surface area contributed by atoms with Crippen molar-refractivity contribution in [3.8, 4) is 5.75 Å².